The summed E-state index contributed by atoms with van der Waals surface area (Å²) < 4.78 is 5.42. The van der Waals surface area contributed by atoms with Crippen LogP contribution in [0.3, 0.4) is 0 Å². The monoisotopic (exact) mass is 272 g/mol. The fraction of sp³-hybridized carbons (Fsp3) is 0.867. The summed E-state index contributed by atoms with van der Waals surface area (Å²) in [6.45, 7) is 7.64. The second-order valence-electron chi connectivity index (χ2n) is 5.34. The van der Waals surface area contributed by atoms with Gasteiger partial charge in [0.25, 0.3) is 0 Å². The van der Waals surface area contributed by atoms with E-state index in [1.807, 2.05) is 6.92 Å². The van der Waals surface area contributed by atoms with Crippen LogP contribution in [0.5, 0.6) is 0 Å². The molecule has 0 aliphatic heterocycles. The largest absolute Gasteiger partial charge is 0.481 e. The number of esters is 1. The molecule has 0 aliphatic rings. The highest BCUT2D eigenvalue weighted by atomic mass is 16.5. The van der Waals surface area contributed by atoms with Gasteiger partial charge in [-0.15, -0.1) is 0 Å². The summed E-state index contributed by atoms with van der Waals surface area (Å²) >= 11 is 0. The SMILES string of the molecule is CCCC(CCC)C(=O)O[C@@H](C)CC[C@@H](C)C(=O)O. The van der Waals surface area contributed by atoms with Crippen molar-refractivity contribution in [1.82, 2.24) is 0 Å². The lowest BCUT2D eigenvalue weighted by Gasteiger charge is -2.19. The molecule has 19 heavy (non-hydrogen) atoms. The van der Waals surface area contributed by atoms with Crippen LogP contribution in [0.1, 0.15) is 66.2 Å². The number of aliphatic carboxylic acids is 1. The molecular weight excluding hydrogens is 244 g/mol. The predicted molar refractivity (Wildman–Crippen MR) is 74.9 cm³/mol. The Labute approximate surface area is 116 Å². The lowest BCUT2D eigenvalue weighted by Crippen LogP contribution is -2.23. The van der Waals surface area contributed by atoms with E-state index in [-0.39, 0.29) is 23.9 Å². The molecule has 0 heterocycles. The standard InChI is InChI=1S/C15H28O4/c1-5-7-13(8-6-2)15(18)19-12(4)10-9-11(3)14(16)17/h11-13H,5-10H2,1-4H3,(H,16,17)/t11-,12+/m1/s1. The molecule has 1 N–H and O–H groups in total. The summed E-state index contributed by atoms with van der Waals surface area (Å²) in [5.74, 6) is -1.31. The average Bonchev–Trinajstić information content (AvgIpc) is 2.35. The minimum Gasteiger partial charge on any atom is -0.481 e. The topological polar surface area (TPSA) is 63.6 Å². The van der Waals surface area contributed by atoms with E-state index in [0.717, 1.165) is 25.7 Å². The highest BCUT2D eigenvalue weighted by Crippen LogP contribution is 2.18. The van der Waals surface area contributed by atoms with Crippen LogP contribution in [0.15, 0.2) is 0 Å². The highest BCUT2D eigenvalue weighted by molar-refractivity contribution is 5.72. The third-order valence-electron chi connectivity index (χ3n) is 3.35. The first kappa shape index (κ1) is 17.9. The van der Waals surface area contributed by atoms with Crippen molar-refractivity contribution in [1.29, 1.82) is 0 Å². The van der Waals surface area contributed by atoms with E-state index in [4.69, 9.17) is 9.84 Å². The number of hydrogen-bond acceptors (Lipinski definition) is 3. The number of carbonyl (C=O) groups is 2. The van der Waals surface area contributed by atoms with Gasteiger partial charge in [-0.25, -0.2) is 0 Å². The van der Waals surface area contributed by atoms with Gasteiger partial charge in [0.2, 0.25) is 0 Å². The number of hydrogen-bond donors (Lipinski definition) is 1. The molecule has 112 valence electrons. The molecule has 0 unspecified atom stereocenters. The molecule has 4 nitrogen and oxygen atoms in total. The summed E-state index contributed by atoms with van der Waals surface area (Å²) in [4.78, 5) is 22.7. The third kappa shape index (κ3) is 7.85. The first-order valence-corrected chi connectivity index (χ1v) is 7.35. The summed E-state index contributed by atoms with van der Waals surface area (Å²) in [7, 11) is 0. The molecule has 4 heteroatoms. The van der Waals surface area contributed by atoms with Crippen LogP contribution in [-0.4, -0.2) is 23.1 Å². The maximum absolute atomic E-state index is 12.0. The van der Waals surface area contributed by atoms with Gasteiger partial charge in [0.05, 0.1) is 17.9 Å². The highest BCUT2D eigenvalue weighted by Gasteiger charge is 2.21. The molecule has 0 aromatic heterocycles. The lowest BCUT2D eigenvalue weighted by atomic mass is 9.98. The van der Waals surface area contributed by atoms with E-state index >= 15 is 0 Å². The van der Waals surface area contributed by atoms with Gasteiger partial charge in [-0.3, -0.25) is 9.59 Å². The van der Waals surface area contributed by atoms with E-state index in [1.165, 1.54) is 0 Å². The summed E-state index contributed by atoms with van der Waals surface area (Å²) in [6.07, 6.45) is 4.62. The zero-order valence-electron chi connectivity index (χ0n) is 12.6. The average molecular weight is 272 g/mol. The Hall–Kier alpha value is -1.06. The van der Waals surface area contributed by atoms with Crippen LogP contribution in [-0.2, 0) is 14.3 Å². The van der Waals surface area contributed by atoms with Crippen molar-refractivity contribution in [2.24, 2.45) is 11.8 Å². The predicted octanol–water partition coefficient (Wildman–Crippen LogP) is 3.64. The van der Waals surface area contributed by atoms with E-state index in [2.05, 4.69) is 13.8 Å². The smallest absolute Gasteiger partial charge is 0.309 e. The molecule has 0 spiro atoms. The second kappa shape index (κ2) is 9.82. The van der Waals surface area contributed by atoms with E-state index in [1.54, 1.807) is 6.92 Å². The van der Waals surface area contributed by atoms with E-state index in [9.17, 15) is 9.59 Å². The zero-order chi connectivity index (χ0) is 14.8. The van der Waals surface area contributed by atoms with E-state index < -0.39 is 5.97 Å². The fourth-order valence-electron chi connectivity index (χ4n) is 2.04. The van der Waals surface area contributed by atoms with Crippen LogP contribution in [0.2, 0.25) is 0 Å². The molecule has 0 saturated carbocycles. The molecule has 0 fully saturated rings. The van der Waals surface area contributed by atoms with Crippen molar-refractivity contribution >= 4 is 11.9 Å². The third-order valence-corrected chi connectivity index (χ3v) is 3.35. The Morgan fingerprint density at radius 3 is 1.95 bits per heavy atom. The van der Waals surface area contributed by atoms with Gasteiger partial charge in [0, 0.05) is 0 Å². The van der Waals surface area contributed by atoms with Crippen LogP contribution in [0.4, 0.5) is 0 Å². The summed E-state index contributed by atoms with van der Waals surface area (Å²) in [5, 5.41) is 8.80. The van der Waals surface area contributed by atoms with E-state index in [0.29, 0.717) is 12.8 Å². The molecule has 0 saturated heterocycles. The van der Waals surface area contributed by atoms with Crippen molar-refractivity contribution in [3.05, 3.63) is 0 Å². The number of ether oxygens (including phenoxy) is 1. The van der Waals surface area contributed by atoms with Crippen molar-refractivity contribution in [3.63, 3.8) is 0 Å². The van der Waals surface area contributed by atoms with Crippen molar-refractivity contribution in [2.45, 2.75) is 72.3 Å². The minimum atomic E-state index is -0.798. The Morgan fingerprint density at radius 1 is 1.00 bits per heavy atom. The Bertz CT molecular complexity index is 269. The van der Waals surface area contributed by atoms with Crippen molar-refractivity contribution in [2.75, 3.05) is 0 Å². The minimum absolute atomic E-state index is 0.00523. The number of carboxylic acids is 1. The van der Waals surface area contributed by atoms with Gasteiger partial charge in [-0.2, -0.15) is 0 Å². The lowest BCUT2D eigenvalue weighted by molar-refractivity contribution is -0.154. The quantitative estimate of drug-likeness (QED) is 0.617. The number of carbonyl (C=O) groups excluding carboxylic acids is 1. The van der Waals surface area contributed by atoms with Crippen LogP contribution in [0, 0.1) is 11.8 Å². The van der Waals surface area contributed by atoms with Gasteiger partial charge in [-0.05, 0) is 32.6 Å². The first-order valence-electron chi connectivity index (χ1n) is 7.35. The summed E-state index contributed by atoms with van der Waals surface area (Å²) in [6, 6.07) is 0. The molecule has 0 aromatic carbocycles. The van der Waals surface area contributed by atoms with Crippen molar-refractivity contribution in [3.8, 4) is 0 Å². The molecule has 0 amide bonds. The molecule has 0 aromatic rings. The fourth-order valence-corrected chi connectivity index (χ4v) is 2.04. The Balaban J connectivity index is 4.11. The van der Waals surface area contributed by atoms with Crippen LogP contribution < -0.4 is 0 Å². The summed E-state index contributed by atoms with van der Waals surface area (Å²) in [5.41, 5.74) is 0. The number of carboxylic acid groups (broad SMARTS) is 1. The molecule has 0 rings (SSSR count). The van der Waals surface area contributed by atoms with Gasteiger partial charge in [-0.1, -0.05) is 33.6 Å². The van der Waals surface area contributed by atoms with Gasteiger partial charge in [0.15, 0.2) is 0 Å². The normalized spacial score (nSPS) is 14.2. The first-order chi connectivity index (χ1) is 8.92. The van der Waals surface area contributed by atoms with Crippen LogP contribution >= 0.6 is 0 Å². The molecule has 0 bridgehead atoms. The van der Waals surface area contributed by atoms with Gasteiger partial charge < -0.3 is 9.84 Å². The van der Waals surface area contributed by atoms with Crippen molar-refractivity contribution < 1.29 is 19.4 Å². The van der Waals surface area contributed by atoms with Gasteiger partial charge in [0.1, 0.15) is 0 Å². The van der Waals surface area contributed by atoms with Crippen LogP contribution in [0.25, 0.3) is 0 Å². The second-order valence-corrected chi connectivity index (χ2v) is 5.34. The maximum Gasteiger partial charge on any atom is 0.309 e. The molecule has 2 atom stereocenters. The molecule has 0 radical (unpaired) electrons. The number of rotatable bonds is 10. The zero-order valence-corrected chi connectivity index (χ0v) is 12.6. The maximum atomic E-state index is 12.0. The van der Waals surface area contributed by atoms with Gasteiger partial charge >= 0.3 is 11.9 Å². The Kier molecular flexibility index (Phi) is 9.27. The Morgan fingerprint density at radius 2 is 1.53 bits per heavy atom. The molecular formula is C15H28O4. The molecule has 0 aliphatic carbocycles.